The first-order chi connectivity index (χ1) is 19.7. The summed E-state index contributed by atoms with van der Waals surface area (Å²) in [6, 6.07) is 39.1. The number of phenolic OH excluding ortho intramolecular Hbond substituents is 1. The largest absolute Gasteiger partial charge is 0.507 e. The average molecular weight is 543 g/mol. The Morgan fingerprint density at radius 1 is 0.537 bits per heavy atom. The average Bonchev–Trinajstić information content (AvgIpc) is 2.96. The van der Waals surface area contributed by atoms with Gasteiger partial charge in [0.2, 0.25) is 0 Å². The van der Waals surface area contributed by atoms with Crippen LogP contribution in [-0.4, -0.2) is 5.11 Å². The normalized spacial score (nSPS) is 11.1. The zero-order valence-corrected chi connectivity index (χ0v) is 24.1. The molecule has 0 fully saturated rings. The van der Waals surface area contributed by atoms with E-state index in [1.165, 1.54) is 0 Å². The van der Waals surface area contributed by atoms with Gasteiger partial charge in [-0.25, -0.2) is 0 Å². The second-order valence-electron chi connectivity index (χ2n) is 11.4. The van der Waals surface area contributed by atoms with Crippen LogP contribution in [0.4, 0.5) is 39.8 Å². The Bertz CT molecular complexity index is 1570. The van der Waals surface area contributed by atoms with Crippen LogP contribution < -0.4 is 21.3 Å². The van der Waals surface area contributed by atoms with E-state index in [4.69, 9.17) is 0 Å². The zero-order chi connectivity index (χ0) is 28.8. The highest BCUT2D eigenvalue weighted by molar-refractivity contribution is 5.69. The van der Waals surface area contributed by atoms with Crippen LogP contribution in [0.3, 0.4) is 0 Å². The molecule has 5 heteroatoms. The van der Waals surface area contributed by atoms with Gasteiger partial charge in [-0.05, 0) is 120 Å². The molecule has 5 nitrogen and oxygen atoms in total. The molecular weight excluding hydrogens is 504 g/mol. The number of aromatic hydroxyl groups is 1. The highest BCUT2D eigenvalue weighted by atomic mass is 16.3. The Morgan fingerprint density at radius 3 is 1.34 bits per heavy atom. The van der Waals surface area contributed by atoms with Crippen LogP contribution in [0, 0.1) is 6.92 Å². The Morgan fingerprint density at radius 2 is 0.927 bits per heavy atom. The second kappa shape index (κ2) is 12.1. The molecule has 0 atom stereocenters. The fourth-order valence-electron chi connectivity index (χ4n) is 4.70. The highest BCUT2D eigenvalue weighted by Gasteiger charge is 2.20. The molecule has 5 aromatic carbocycles. The molecule has 0 spiro atoms. The molecule has 0 amide bonds. The van der Waals surface area contributed by atoms with Crippen LogP contribution in [-0.2, 0) is 12.0 Å². The van der Waals surface area contributed by atoms with Crippen molar-refractivity contribution in [3.8, 4) is 5.75 Å². The number of benzene rings is 5. The third kappa shape index (κ3) is 7.40. The van der Waals surface area contributed by atoms with Gasteiger partial charge in [0.25, 0.3) is 0 Å². The minimum absolute atomic E-state index is 0.113. The lowest BCUT2D eigenvalue weighted by molar-refractivity contribution is 0.442. The van der Waals surface area contributed by atoms with Crippen LogP contribution in [0.25, 0.3) is 0 Å². The van der Waals surface area contributed by atoms with Crippen molar-refractivity contribution in [3.05, 3.63) is 132 Å². The maximum Gasteiger partial charge on any atom is 0.122 e. The number of para-hydroxylation sites is 1. The minimum Gasteiger partial charge on any atom is -0.507 e. The van der Waals surface area contributed by atoms with Crippen LogP contribution in [0.1, 0.15) is 37.5 Å². The van der Waals surface area contributed by atoms with Gasteiger partial charge in [-0.2, -0.15) is 0 Å². The van der Waals surface area contributed by atoms with Crippen molar-refractivity contribution in [1.82, 2.24) is 0 Å². The van der Waals surface area contributed by atoms with Crippen molar-refractivity contribution in [2.45, 2.75) is 39.7 Å². The summed E-state index contributed by atoms with van der Waals surface area (Å²) in [6.45, 7) is 9.02. The predicted molar refractivity (Wildman–Crippen MR) is 174 cm³/mol. The second-order valence-corrected chi connectivity index (χ2v) is 11.4. The summed E-state index contributed by atoms with van der Waals surface area (Å²) in [4.78, 5) is 0. The highest BCUT2D eigenvalue weighted by Crippen LogP contribution is 2.34. The molecule has 0 aliphatic rings. The minimum atomic E-state index is -0.113. The van der Waals surface area contributed by atoms with E-state index in [1.807, 2.05) is 31.2 Å². The standard InChI is InChI=1S/C36H38N4O/c1-25-22-26(23-34(35(25)41)36(2,3)4)24-37-27-10-12-29(13-11-27)39-31-18-20-33(21-19-31)40-32-16-14-30(15-17-32)38-28-8-6-5-7-9-28/h5-23,37-41H,24H2,1-4H3. The van der Waals surface area contributed by atoms with Gasteiger partial charge in [0.1, 0.15) is 5.75 Å². The third-order valence-corrected chi connectivity index (χ3v) is 6.96. The number of hydrogen-bond acceptors (Lipinski definition) is 5. The van der Waals surface area contributed by atoms with E-state index >= 15 is 0 Å². The molecule has 0 heterocycles. The van der Waals surface area contributed by atoms with Gasteiger partial charge in [-0.3, -0.25) is 0 Å². The monoisotopic (exact) mass is 542 g/mol. The lowest BCUT2D eigenvalue weighted by atomic mass is 9.84. The van der Waals surface area contributed by atoms with Gasteiger partial charge in [0, 0.05) is 46.4 Å². The van der Waals surface area contributed by atoms with Gasteiger partial charge in [0.15, 0.2) is 0 Å². The Labute approximate surface area is 243 Å². The van der Waals surface area contributed by atoms with Crippen LogP contribution in [0.2, 0.25) is 0 Å². The number of hydrogen-bond donors (Lipinski definition) is 5. The summed E-state index contributed by atoms with van der Waals surface area (Å²) in [5.41, 5.74) is 10.2. The van der Waals surface area contributed by atoms with E-state index in [-0.39, 0.29) is 5.41 Å². The lowest BCUT2D eigenvalue weighted by Gasteiger charge is -2.23. The molecule has 5 N–H and O–H groups in total. The molecule has 5 aromatic rings. The van der Waals surface area contributed by atoms with Crippen molar-refractivity contribution in [1.29, 1.82) is 0 Å². The fourth-order valence-corrected chi connectivity index (χ4v) is 4.70. The molecule has 208 valence electrons. The summed E-state index contributed by atoms with van der Waals surface area (Å²) < 4.78 is 0. The third-order valence-electron chi connectivity index (χ3n) is 6.96. The van der Waals surface area contributed by atoms with Crippen LogP contribution in [0.15, 0.2) is 115 Å². The molecular formula is C36H38N4O. The number of phenols is 1. The molecule has 5 rings (SSSR count). The molecule has 0 saturated heterocycles. The zero-order valence-electron chi connectivity index (χ0n) is 24.1. The van der Waals surface area contributed by atoms with Crippen LogP contribution >= 0.6 is 0 Å². The van der Waals surface area contributed by atoms with Gasteiger partial charge in [0.05, 0.1) is 0 Å². The molecule has 41 heavy (non-hydrogen) atoms. The quantitative estimate of drug-likeness (QED) is 0.128. The molecule has 0 saturated carbocycles. The Balaban J connectivity index is 1.13. The van der Waals surface area contributed by atoms with Crippen molar-refractivity contribution in [2.75, 3.05) is 21.3 Å². The summed E-state index contributed by atoms with van der Waals surface area (Å²) in [6.07, 6.45) is 0. The maximum atomic E-state index is 10.5. The fraction of sp³-hybridized carbons (Fsp3) is 0.167. The van der Waals surface area contributed by atoms with Gasteiger partial charge >= 0.3 is 0 Å². The smallest absolute Gasteiger partial charge is 0.122 e. The molecule has 0 bridgehead atoms. The number of anilines is 7. The molecule has 0 radical (unpaired) electrons. The van der Waals surface area contributed by atoms with E-state index in [1.54, 1.807) is 0 Å². The van der Waals surface area contributed by atoms with Crippen molar-refractivity contribution < 1.29 is 5.11 Å². The molecule has 0 aliphatic carbocycles. The molecule has 0 aromatic heterocycles. The summed E-state index contributed by atoms with van der Waals surface area (Å²) in [5.74, 6) is 0.395. The lowest BCUT2D eigenvalue weighted by Crippen LogP contribution is -2.13. The van der Waals surface area contributed by atoms with Gasteiger partial charge < -0.3 is 26.4 Å². The predicted octanol–water partition coefficient (Wildman–Crippen LogP) is 9.84. The first-order valence-corrected chi connectivity index (χ1v) is 14.0. The van der Waals surface area contributed by atoms with Gasteiger partial charge in [-0.1, -0.05) is 45.0 Å². The Hall–Kier alpha value is -4.90. The molecule has 0 unspecified atom stereocenters. The van der Waals surface area contributed by atoms with Crippen LogP contribution in [0.5, 0.6) is 5.75 Å². The van der Waals surface area contributed by atoms with E-state index in [9.17, 15) is 5.11 Å². The summed E-state index contributed by atoms with van der Waals surface area (Å²) in [7, 11) is 0. The first-order valence-electron chi connectivity index (χ1n) is 14.0. The summed E-state index contributed by atoms with van der Waals surface area (Å²) >= 11 is 0. The SMILES string of the molecule is Cc1cc(CNc2ccc(Nc3ccc(Nc4ccc(Nc5ccccc5)cc4)cc3)cc2)cc(C(C)(C)C)c1O. The van der Waals surface area contributed by atoms with E-state index in [0.29, 0.717) is 12.3 Å². The topological polar surface area (TPSA) is 68.3 Å². The van der Waals surface area contributed by atoms with E-state index in [0.717, 1.165) is 56.5 Å². The number of nitrogens with one attached hydrogen (secondary N) is 4. The Kier molecular flexibility index (Phi) is 8.16. The van der Waals surface area contributed by atoms with Gasteiger partial charge in [-0.15, -0.1) is 0 Å². The number of aryl methyl sites for hydroxylation is 1. The van der Waals surface area contributed by atoms with Crippen molar-refractivity contribution in [3.63, 3.8) is 0 Å². The number of rotatable bonds is 9. The van der Waals surface area contributed by atoms with Crippen molar-refractivity contribution in [2.24, 2.45) is 0 Å². The van der Waals surface area contributed by atoms with E-state index in [2.05, 4.69) is 133 Å². The van der Waals surface area contributed by atoms with E-state index < -0.39 is 0 Å². The molecule has 0 aliphatic heterocycles. The van der Waals surface area contributed by atoms with Crippen molar-refractivity contribution >= 4 is 39.8 Å². The maximum absolute atomic E-state index is 10.5. The summed E-state index contributed by atoms with van der Waals surface area (Å²) in [5, 5.41) is 24.3. The first kappa shape index (κ1) is 27.7.